The largest absolute Gasteiger partial charge is 0.573 e. The molecule has 108 valence electrons. The molecule has 0 saturated carbocycles. The predicted molar refractivity (Wildman–Crippen MR) is 52.3 cm³/mol. The van der Waals surface area contributed by atoms with Crippen LogP contribution in [0.2, 0.25) is 0 Å². The zero-order valence-corrected chi connectivity index (χ0v) is 9.16. The first-order chi connectivity index (χ1) is 9.04. The Kier molecular flexibility index (Phi) is 4.14. The van der Waals surface area contributed by atoms with Crippen molar-refractivity contribution in [3.8, 4) is 5.75 Å². The first kappa shape index (κ1) is 15.6. The number of azide groups is 1. The van der Waals surface area contributed by atoms with Crippen molar-refractivity contribution in [3.63, 3.8) is 0 Å². The molecule has 5 nitrogen and oxygen atoms in total. The van der Waals surface area contributed by atoms with Crippen LogP contribution < -0.4 is 4.74 Å². The lowest BCUT2D eigenvalue weighted by Gasteiger charge is -2.12. The lowest BCUT2D eigenvalue weighted by molar-refractivity contribution is -0.274. The summed E-state index contributed by atoms with van der Waals surface area (Å²) in [6, 6.07) is 1.43. The van der Waals surface area contributed by atoms with Crippen LogP contribution in [0.3, 0.4) is 0 Å². The summed E-state index contributed by atoms with van der Waals surface area (Å²) >= 11 is 0. The number of rotatable bonds is 3. The van der Waals surface area contributed by atoms with Crippen molar-refractivity contribution < 1.29 is 35.9 Å². The third kappa shape index (κ3) is 4.05. The average Bonchev–Trinajstić information content (AvgIpc) is 2.27. The molecule has 0 fully saturated rings. The lowest BCUT2D eigenvalue weighted by Crippen LogP contribution is -2.23. The number of carbonyl (C=O) groups excluding carboxylic acids is 1. The van der Waals surface area contributed by atoms with Crippen LogP contribution in [0.5, 0.6) is 5.75 Å². The molecule has 0 radical (unpaired) electrons. The Bertz CT molecular complexity index is 574. The van der Waals surface area contributed by atoms with E-state index in [1.54, 1.807) is 0 Å². The number of halogens is 6. The molecule has 0 aliphatic carbocycles. The average molecular weight is 299 g/mol. The SMILES string of the molecule is [N-]=[N+]=Nc1ccc(OC(F)(F)F)cc1C(=O)C(F)(F)F. The van der Waals surface area contributed by atoms with Gasteiger partial charge in [-0.25, -0.2) is 0 Å². The third-order valence-electron chi connectivity index (χ3n) is 1.86. The van der Waals surface area contributed by atoms with Gasteiger partial charge >= 0.3 is 12.5 Å². The summed E-state index contributed by atoms with van der Waals surface area (Å²) in [5, 5.41) is 2.80. The van der Waals surface area contributed by atoms with E-state index in [0.717, 1.165) is 0 Å². The van der Waals surface area contributed by atoms with Crippen LogP contribution in [0.4, 0.5) is 32.0 Å². The minimum Gasteiger partial charge on any atom is -0.406 e. The van der Waals surface area contributed by atoms with Crippen molar-refractivity contribution in [1.82, 2.24) is 0 Å². The van der Waals surface area contributed by atoms with Crippen LogP contribution in [0.1, 0.15) is 10.4 Å². The maximum absolute atomic E-state index is 12.3. The number of hydrogen-bond acceptors (Lipinski definition) is 3. The van der Waals surface area contributed by atoms with Crippen molar-refractivity contribution >= 4 is 11.5 Å². The van der Waals surface area contributed by atoms with E-state index in [-0.39, 0.29) is 6.07 Å². The van der Waals surface area contributed by atoms with Crippen LogP contribution >= 0.6 is 0 Å². The van der Waals surface area contributed by atoms with Gasteiger partial charge in [0.05, 0.1) is 0 Å². The molecular formula is C9H3F6N3O2. The zero-order valence-electron chi connectivity index (χ0n) is 9.16. The van der Waals surface area contributed by atoms with E-state index >= 15 is 0 Å². The minimum absolute atomic E-state index is 0.202. The second kappa shape index (κ2) is 5.29. The standard InChI is InChI=1S/C9H3F6N3O2/c10-8(11,12)7(19)5-3-4(20-9(13,14)15)1-2-6(5)17-18-16/h1-3H. The Labute approximate surface area is 106 Å². The highest BCUT2D eigenvalue weighted by Gasteiger charge is 2.41. The van der Waals surface area contributed by atoms with Gasteiger partial charge in [0.2, 0.25) is 0 Å². The van der Waals surface area contributed by atoms with Gasteiger partial charge in [-0.1, -0.05) is 5.11 Å². The van der Waals surface area contributed by atoms with Crippen LogP contribution in [0, 0.1) is 0 Å². The van der Waals surface area contributed by atoms with Crippen molar-refractivity contribution in [3.05, 3.63) is 34.2 Å². The minimum atomic E-state index is -5.34. The smallest absolute Gasteiger partial charge is 0.406 e. The van der Waals surface area contributed by atoms with Gasteiger partial charge in [0.1, 0.15) is 5.75 Å². The molecule has 0 atom stereocenters. The fourth-order valence-corrected chi connectivity index (χ4v) is 1.18. The van der Waals surface area contributed by atoms with E-state index < -0.39 is 35.3 Å². The van der Waals surface area contributed by atoms with Gasteiger partial charge in [-0.3, -0.25) is 4.79 Å². The van der Waals surface area contributed by atoms with Crippen LogP contribution in [0.25, 0.3) is 10.4 Å². The molecule has 0 unspecified atom stereocenters. The number of nitrogens with zero attached hydrogens (tertiary/aromatic N) is 3. The van der Waals surface area contributed by atoms with Gasteiger partial charge in [0.25, 0.3) is 5.78 Å². The second-order valence-corrected chi connectivity index (χ2v) is 3.24. The van der Waals surface area contributed by atoms with Gasteiger partial charge in [0, 0.05) is 16.2 Å². The summed E-state index contributed by atoms with van der Waals surface area (Å²) in [5.74, 6) is -3.49. The molecule has 0 aromatic heterocycles. The fraction of sp³-hybridized carbons (Fsp3) is 0.222. The maximum Gasteiger partial charge on any atom is 0.573 e. The molecule has 20 heavy (non-hydrogen) atoms. The molecule has 1 aromatic carbocycles. The van der Waals surface area contributed by atoms with Gasteiger partial charge in [-0.2, -0.15) is 13.2 Å². The van der Waals surface area contributed by atoms with Gasteiger partial charge in [-0.05, 0) is 23.7 Å². The first-order valence-corrected chi connectivity index (χ1v) is 4.61. The van der Waals surface area contributed by atoms with Crippen LogP contribution in [0.15, 0.2) is 23.3 Å². The molecule has 0 aliphatic heterocycles. The number of carbonyl (C=O) groups is 1. The van der Waals surface area contributed by atoms with Gasteiger partial charge in [-0.15, -0.1) is 13.2 Å². The molecular weight excluding hydrogens is 296 g/mol. The molecule has 0 saturated heterocycles. The van der Waals surface area contributed by atoms with Crippen molar-refractivity contribution in [2.24, 2.45) is 5.11 Å². The van der Waals surface area contributed by atoms with Crippen LogP contribution in [-0.2, 0) is 0 Å². The summed E-state index contributed by atoms with van der Waals surface area (Å²) in [6.07, 6.45) is -10.5. The molecule has 1 aromatic rings. The zero-order chi connectivity index (χ0) is 15.6. The number of hydrogen-bond donors (Lipinski definition) is 0. The van der Waals surface area contributed by atoms with Crippen molar-refractivity contribution in [2.45, 2.75) is 12.5 Å². The predicted octanol–water partition coefficient (Wildman–Crippen LogP) is 4.27. The Morgan fingerprint density at radius 3 is 2.25 bits per heavy atom. The normalized spacial score (nSPS) is 11.7. The topological polar surface area (TPSA) is 75.1 Å². The van der Waals surface area contributed by atoms with Crippen molar-refractivity contribution in [2.75, 3.05) is 0 Å². The number of Topliss-reactive ketones (excluding diaryl/α,β-unsaturated/α-hetero) is 1. The molecule has 0 aliphatic rings. The molecule has 0 bridgehead atoms. The quantitative estimate of drug-likeness (QED) is 0.275. The summed E-state index contributed by atoms with van der Waals surface area (Å²) in [6.45, 7) is 0. The highest BCUT2D eigenvalue weighted by atomic mass is 19.4. The van der Waals surface area contributed by atoms with Crippen molar-refractivity contribution in [1.29, 1.82) is 0 Å². The summed E-state index contributed by atoms with van der Waals surface area (Å²) in [4.78, 5) is 13.2. The van der Waals surface area contributed by atoms with E-state index in [1.807, 2.05) is 0 Å². The Morgan fingerprint density at radius 1 is 1.20 bits per heavy atom. The van der Waals surface area contributed by atoms with Gasteiger partial charge < -0.3 is 4.74 Å². The molecule has 0 N–H and O–H groups in total. The first-order valence-electron chi connectivity index (χ1n) is 4.61. The Balaban J connectivity index is 3.33. The number of ketones is 1. The highest BCUT2D eigenvalue weighted by Crippen LogP contribution is 2.32. The molecule has 0 amide bonds. The van der Waals surface area contributed by atoms with E-state index in [2.05, 4.69) is 14.8 Å². The van der Waals surface area contributed by atoms with E-state index in [1.165, 1.54) is 0 Å². The monoisotopic (exact) mass is 299 g/mol. The number of ether oxygens (including phenoxy) is 1. The molecule has 1 rings (SSSR count). The van der Waals surface area contributed by atoms with E-state index in [9.17, 15) is 31.1 Å². The number of alkyl halides is 6. The lowest BCUT2D eigenvalue weighted by atomic mass is 10.1. The maximum atomic E-state index is 12.3. The molecule has 0 heterocycles. The molecule has 11 heteroatoms. The summed E-state index contributed by atoms with van der Waals surface area (Å²) in [5.41, 5.74) is 6.14. The molecule has 0 spiro atoms. The number of benzene rings is 1. The summed E-state index contributed by atoms with van der Waals surface area (Å²) < 4.78 is 76.1. The fourth-order valence-electron chi connectivity index (χ4n) is 1.18. The second-order valence-electron chi connectivity index (χ2n) is 3.24. The van der Waals surface area contributed by atoms with Gasteiger partial charge in [0.15, 0.2) is 0 Å². The Morgan fingerprint density at radius 2 is 1.80 bits per heavy atom. The van der Waals surface area contributed by atoms with E-state index in [4.69, 9.17) is 5.53 Å². The summed E-state index contributed by atoms with van der Waals surface area (Å²) in [7, 11) is 0. The third-order valence-corrected chi connectivity index (χ3v) is 1.86. The van der Waals surface area contributed by atoms with Crippen LogP contribution in [-0.4, -0.2) is 18.3 Å². The van der Waals surface area contributed by atoms with E-state index in [0.29, 0.717) is 12.1 Å². The Hall–Kier alpha value is -2.42. The highest BCUT2D eigenvalue weighted by molar-refractivity contribution is 6.04.